The molecule has 0 saturated carbocycles. The fourth-order valence-electron chi connectivity index (χ4n) is 8.35. The van der Waals surface area contributed by atoms with Crippen molar-refractivity contribution in [3.05, 3.63) is 194 Å². The molecule has 3 aromatic heterocycles. The Morgan fingerprint density at radius 1 is 0.350 bits per heavy atom. The number of hydrogen-bond donors (Lipinski definition) is 0. The molecule has 0 bridgehead atoms. The van der Waals surface area contributed by atoms with E-state index in [4.69, 9.17) is 24.4 Å². The van der Waals surface area contributed by atoms with Crippen LogP contribution >= 0.6 is 11.3 Å². The Balaban J connectivity index is 1.01. The van der Waals surface area contributed by atoms with E-state index in [2.05, 4.69) is 152 Å². The first-order valence-corrected chi connectivity index (χ1v) is 20.8. The fourth-order valence-corrected chi connectivity index (χ4v) is 9.44. The van der Waals surface area contributed by atoms with Crippen LogP contribution in [0.1, 0.15) is 0 Å². The largest absolute Gasteiger partial charge is 0.435 e. The van der Waals surface area contributed by atoms with Crippen LogP contribution in [-0.4, -0.2) is 19.9 Å². The zero-order valence-electron chi connectivity index (χ0n) is 32.1. The molecule has 3 heterocycles. The van der Waals surface area contributed by atoms with Gasteiger partial charge in [-0.3, -0.25) is 0 Å². The zero-order chi connectivity index (χ0) is 39.6. The van der Waals surface area contributed by atoms with Crippen molar-refractivity contribution in [2.24, 2.45) is 0 Å². The minimum absolute atomic E-state index is 0.613. The first-order chi connectivity index (χ1) is 29.7. The highest BCUT2D eigenvalue weighted by atomic mass is 32.1. The monoisotopic (exact) mass is 784 g/mol. The molecular weight excluding hydrogens is 753 g/mol. The molecule has 9 aromatic carbocycles. The lowest BCUT2D eigenvalue weighted by molar-refractivity contribution is 0.623. The molecule has 0 fully saturated rings. The van der Waals surface area contributed by atoms with Gasteiger partial charge in [-0.15, -0.1) is 11.3 Å². The molecule has 5 nitrogen and oxygen atoms in total. The maximum atomic E-state index is 6.53. The molecule has 280 valence electrons. The summed E-state index contributed by atoms with van der Waals surface area (Å²) in [6, 6.07) is 67.7. The molecular formula is C54H32N4OS. The SMILES string of the molecule is c1ccc(-c2cccc(-c3nc(-c4ccc5ccc(-c6cccc7ccc8nc(-c9ccccc9)oc8c67)cc5c4)nc(-c4ccc5sc6ccccc6c5c4)n3)c2)cc1. The molecule has 0 aliphatic rings. The van der Waals surface area contributed by atoms with E-state index in [0.29, 0.717) is 23.4 Å². The fraction of sp³-hybridized carbons (Fsp3) is 0. The third-order valence-electron chi connectivity index (χ3n) is 11.3. The summed E-state index contributed by atoms with van der Waals surface area (Å²) in [6.45, 7) is 0. The highest BCUT2D eigenvalue weighted by molar-refractivity contribution is 7.25. The number of oxazole rings is 1. The number of hydrogen-bond acceptors (Lipinski definition) is 6. The number of aromatic nitrogens is 4. The van der Waals surface area contributed by atoms with Gasteiger partial charge >= 0.3 is 0 Å². The van der Waals surface area contributed by atoms with E-state index in [-0.39, 0.29) is 0 Å². The molecule has 60 heavy (non-hydrogen) atoms. The number of thiophene rings is 1. The Bertz CT molecular complexity index is 3610. The van der Waals surface area contributed by atoms with Crippen LogP contribution in [0.4, 0.5) is 0 Å². The number of benzene rings is 9. The van der Waals surface area contributed by atoms with Gasteiger partial charge in [-0.05, 0) is 99.1 Å². The standard InChI is InChI=1S/C54H32N4OS/c1-3-11-33(12-4-1)37-16-9-17-39(29-37)51-56-52(58-53(57-51)41-26-28-48-45(32-41)44-18-7-8-20-47(44)60-48)40-24-22-34-21-23-38(30-42(34)31-40)43-19-10-15-35-25-27-46-50(49(35)43)59-54(55-46)36-13-5-2-6-14-36/h1-32H. The summed E-state index contributed by atoms with van der Waals surface area (Å²) in [5.74, 6) is 2.48. The van der Waals surface area contributed by atoms with Gasteiger partial charge in [0.25, 0.3) is 0 Å². The van der Waals surface area contributed by atoms with Crippen molar-refractivity contribution in [3.63, 3.8) is 0 Å². The molecule has 0 aliphatic heterocycles. The summed E-state index contributed by atoms with van der Waals surface area (Å²) in [7, 11) is 0. The Morgan fingerprint density at radius 2 is 0.950 bits per heavy atom. The lowest BCUT2D eigenvalue weighted by atomic mass is 9.95. The van der Waals surface area contributed by atoms with Crippen LogP contribution in [0.5, 0.6) is 0 Å². The van der Waals surface area contributed by atoms with Gasteiger partial charge in [0.15, 0.2) is 23.1 Å². The average molecular weight is 785 g/mol. The zero-order valence-corrected chi connectivity index (χ0v) is 32.9. The molecule has 0 atom stereocenters. The van der Waals surface area contributed by atoms with Crippen LogP contribution in [0.15, 0.2) is 199 Å². The molecule has 0 unspecified atom stereocenters. The lowest BCUT2D eigenvalue weighted by Gasteiger charge is -2.11. The van der Waals surface area contributed by atoms with Gasteiger partial charge in [-0.2, -0.15) is 0 Å². The van der Waals surface area contributed by atoms with Gasteiger partial charge < -0.3 is 4.42 Å². The molecule has 0 spiro atoms. The van der Waals surface area contributed by atoms with Crippen molar-refractivity contribution >= 4 is 64.2 Å². The summed E-state index contributed by atoms with van der Waals surface area (Å²) in [4.78, 5) is 20.4. The number of nitrogens with zero attached hydrogens (tertiary/aromatic N) is 4. The highest BCUT2D eigenvalue weighted by Crippen LogP contribution is 2.39. The van der Waals surface area contributed by atoms with Crippen molar-refractivity contribution in [3.8, 4) is 67.9 Å². The van der Waals surface area contributed by atoms with E-state index in [1.54, 1.807) is 11.3 Å². The van der Waals surface area contributed by atoms with Gasteiger partial charge in [0, 0.05) is 47.8 Å². The summed E-state index contributed by atoms with van der Waals surface area (Å²) in [5.41, 5.74) is 9.77. The smallest absolute Gasteiger partial charge is 0.227 e. The Morgan fingerprint density at radius 3 is 1.77 bits per heavy atom. The second-order valence-electron chi connectivity index (χ2n) is 15.0. The number of rotatable bonds is 6. The van der Waals surface area contributed by atoms with Gasteiger partial charge in [-0.25, -0.2) is 19.9 Å². The van der Waals surface area contributed by atoms with Crippen LogP contribution in [0.3, 0.4) is 0 Å². The van der Waals surface area contributed by atoms with Gasteiger partial charge in [0.1, 0.15) is 5.52 Å². The van der Waals surface area contributed by atoms with E-state index in [1.165, 1.54) is 20.2 Å². The van der Waals surface area contributed by atoms with Crippen LogP contribution in [0.2, 0.25) is 0 Å². The summed E-state index contributed by atoms with van der Waals surface area (Å²) in [6.07, 6.45) is 0. The maximum Gasteiger partial charge on any atom is 0.227 e. The van der Waals surface area contributed by atoms with E-state index >= 15 is 0 Å². The lowest BCUT2D eigenvalue weighted by Crippen LogP contribution is -2.00. The molecule has 12 aromatic rings. The van der Waals surface area contributed by atoms with Crippen LogP contribution in [0.25, 0.3) is 121 Å². The van der Waals surface area contributed by atoms with Crippen molar-refractivity contribution < 1.29 is 4.42 Å². The van der Waals surface area contributed by atoms with Crippen molar-refractivity contribution in [1.82, 2.24) is 19.9 Å². The highest BCUT2D eigenvalue weighted by Gasteiger charge is 2.18. The number of fused-ring (bicyclic) bond motifs is 7. The minimum atomic E-state index is 0.613. The second-order valence-corrected chi connectivity index (χ2v) is 16.1. The van der Waals surface area contributed by atoms with Gasteiger partial charge in [0.2, 0.25) is 5.89 Å². The Labute approximate surface area is 348 Å². The third-order valence-corrected chi connectivity index (χ3v) is 12.5. The molecule has 0 aliphatic carbocycles. The topological polar surface area (TPSA) is 64.7 Å². The van der Waals surface area contributed by atoms with Crippen molar-refractivity contribution in [2.75, 3.05) is 0 Å². The summed E-state index contributed by atoms with van der Waals surface area (Å²) in [5, 5.41) is 6.78. The summed E-state index contributed by atoms with van der Waals surface area (Å²) >= 11 is 1.81. The molecule has 0 saturated heterocycles. The predicted molar refractivity (Wildman–Crippen MR) is 248 cm³/mol. The molecule has 6 heteroatoms. The third kappa shape index (κ3) is 5.93. The Kier molecular flexibility index (Phi) is 7.96. The predicted octanol–water partition coefficient (Wildman–Crippen LogP) is 14.7. The van der Waals surface area contributed by atoms with E-state index in [1.807, 2.05) is 42.5 Å². The van der Waals surface area contributed by atoms with Crippen molar-refractivity contribution in [1.29, 1.82) is 0 Å². The molecule has 0 radical (unpaired) electrons. The van der Waals surface area contributed by atoms with E-state index < -0.39 is 0 Å². The first kappa shape index (κ1) is 34.3. The van der Waals surface area contributed by atoms with E-state index in [0.717, 1.165) is 77.2 Å². The average Bonchev–Trinajstić information content (AvgIpc) is 3.94. The summed E-state index contributed by atoms with van der Waals surface area (Å²) < 4.78 is 9.03. The second kappa shape index (κ2) is 13.9. The van der Waals surface area contributed by atoms with Crippen LogP contribution < -0.4 is 0 Å². The van der Waals surface area contributed by atoms with Crippen LogP contribution in [-0.2, 0) is 0 Å². The van der Waals surface area contributed by atoms with Crippen LogP contribution in [0, 0.1) is 0 Å². The maximum absolute atomic E-state index is 6.53. The molecule has 0 N–H and O–H groups in total. The van der Waals surface area contributed by atoms with Crippen molar-refractivity contribution in [2.45, 2.75) is 0 Å². The quantitative estimate of drug-likeness (QED) is 0.168. The molecule has 0 amide bonds. The normalized spacial score (nSPS) is 11.7. The molecule has 12 rings (SSSR count). The minimum Gasteiger partial charge on any atom is -0.435 e. The first-order valence-electron chi connectivity index (χ1n) is 19.9. The van der Waals surface area contributed by atoms with Gasteiger partial charge in [-0.1, -0.05) is 133 Å². The van der Waals surface area contributed by atoms with Gasteiger partial charge in [0.05, 0.1) is 0 Å². The Hall–Kier alpha value is -7.80. The van der Waals surface area contributed by atoms with E-state index in [9.17, 15) is 0 Å².